The van der Waals surface area contributed by atoms with Crippen molar-refractivity contribution in [1.29, 1.82) is 0 Å². The van der Waals surface area contributed by atoms with Crippen LogP contribution >= 0.6 is 0 Å². The Balaban J connectivity index is 1.63. The van der Waals surface area contributed by atoms with E-state index in [9.17, 15) is 9.59 Å². The average Bonchev–Trinajstić information content (AvgIpc) is 3.13. The van der Waals surface area contributed by atoms with Crippen molar-refractivity contribution in [2.45, 2.75) is 25.3 Å². The van der Waals surface area contributed by atoms with Crippen molar-refractivity contribution in [3.8, 4) is 0 Å². The van der Waals surface area contributed by atoms with Gasteiger partial charge in [0.25, 0.3) is 5.91 Å². The van der Waals surface area contributed by atoms with Crippen LogP contribution in [-0.4, -0.2) is 25.7 Å². The summed E-state index contributed by atoms with van der Waals surface area (Å²) in [6.07, 6.45) is 4.75. The van der Waals surface area contributed by atoms with Gasteiger partial charge in [-0.3, -0.25) is 14.5 Å². The molecule has 23 heavy (non-hydrogen) atoms. The lowest BCUT2D eigenvalue weighted by Crippen LogP contribution is -2.31. The van der Waals surface area contributed by atoms with Crippen LogP contribution in [0.4, 0.5) is 0 Å². The second-order valence-electron chi connectivity index (χ2n) is 5.95. The first kappa shape index (κ1) is 13.8. The summed E-state index contributed by atoms with van der Waals surface area (Å²) in [5.74, 6) is -0.145. The fraction of sp³-hybridized carbons (Fsp3) is 0.312. The van der Waals surface area contributed by atoms with Crippen molar-refractivity contribution >= 4 is 16.9 Å². The zero-order valence-corrected chi connectivity index (χ0v) is 12.7. The van der Waals surface area contributed by atoms with E-state index >= 15 is 0 Å². The van der Waals surface area contributed by atoms with E-state index in [2.05, 4.69) is 20.5 Å². The van der Waals surface area contributed by atoms with Crippen molar-refractivity contribution < 1.29 is 4.79 Å². The Bertz CT molecular complexity index is 949. The first-order valence-corrected chi connectivity index (χ1v) is 7.65. The minimum Gasteiger partial charge on any atom is -0.344 e. The lowest BCUT2D eigenvalue weighted by atomic mass is 9.93. The predicted octanol–water partition coefficient (Wildman–Crippen LogP) is 1.40. The van der Waals surface area contributed by atoms with Gasteiger partial charge in [-0.1, -0.05) is 0 Å². The van der Waals surface area contributed by atoms with Gasteiger partial charge in [0, 0.05) is 12.6 Å². The van der Waals surface area contributed by atoms with Crippen molar-refractivity contribution in [1.82, 2.24) is 25.1 Å². The number of rotatable bonds is 2. The predicted molar refractivity (Wildman–Crippen MR) is 85.3 cm³/mol. The van der Waals surface area contributed by atoms with Crippen LogP contribution in [-0.2, 0) is 13.5 Å². The van der Waals surface area contributed by atoms with Crippen LogP contribution in [0.5, 0.6) is 0 Å². The molecule has 3 N–H and O–H groups in total. The van der Waals surface area contributed by atoms with Gasteiger partial charge in [0.1, 0.15) is 0 Å². The summed E-state index contributed by atoms with van der Waals surface area (Å²) in [7, 11) is 1.68. The maximum atomic E-state index is 12.6. The zero-order valence-electron chi connectivity index (χ0n) is 12.7. The number of H-pyrrole nitrogens is 2. The molecule has 7 nitrogen and oxygen atoms in total. The number of hydrogen-bond acceptors (Lipinski definition) is 3. The molecule has 1 unspecified atom stereocenters. The van der Waals surface area contributed by atoms with Crippen molar-refractivity contribution in [2.75, 3.05) is 0 Å². The summed E-state index contributed by atoms with van der Waals surface area (Å²) in [6.45, 7) is 0. The molecule has 1 aliphatic rings. The molecule has 0 saturated carbocycles. The van der Waals surface area contributed by atoms with Gasteiger partial charge in [-0.05, 0) is 43.0 Å². The van der Waals surface area contributed by atoms with Gasteiger partial charge in [-0.25, -0.2) is 4.79 Å². The second-order valence-corrected chi connectivity index (χ2v) is 5.95. The van der Waals surface area contributed by atoms with Crippen LogP contribution in [0.1, 0.15) is 40.5 Å². The Morgan fingerprint density at radius 3 is 3.17 bits per heavy atom. The monoisotopic (exact) mass is 311 g/mol. The minimum atomic E-state index is -0.188. The first-order chi connectivity index (χ1) is 11.1. The molecule has 1 aromatic carbocycles. The average molecular weight is 311 g/mol. The van der Waals surface area contributed by atoms with Gasteiger partial charge in [0.05, 0.1) is 29.0 Å². The molecule has 7 heteroatoms. The number of aromatic amines is 2. The minimum absolute atomic E-state index is 0.0421. The van der Waals surface area contributed by atoms with E-state index < -0.39 is 0 Å². The van der Waals surface area contributed by atoms with Gasteiger partial charge < -0.3 is 10.3 Å². The Morgan fingerprint density at radius 2 is 2.30 bits per heavy atom. The SMILES string of the molecule is Cn1c(=O)[nH]c2ccc(C(=O)NC3CCCc4cn[nH]c43)cc21. The third-order valence-electron chi connectivity index (χ3n) is 4.51. The van der Waals surface area contributed by atoms with Gasteiger partial charge in [-0.2, -0.15) is 5.10 Å². The summed E-state index contributed by atoms with van der Waals surface area (Å²) < 4.78 is 1.50. The van der Waals surface area contributed by atoms with E-state index in [1.807, 2.05) is 6.20 Å². The quantitative estimate of drug-likeness (QED) is 0.667. The summed E-state index contributed by atoms with van der Waals surface area (Å²) >= 11 is 0. The van der Waals surface area contributed by atoms with Crippen molar-refractivity contribution in [3.05, 3.63) is 51.7 Å². The number of amides is 1. The fourth-order valence-electron chi connectivity index (χ4n) is 3.21. The largest absolute Gasteiger partial charge is 0.344 e. The Hall–Kier alpha value is -2.83. The number of benzene rings is 1. The van der Waals surface area contributed by atoms with E-state index in [4.69, 9.17) is 0 Å². The number of nitrogens with one attached hydrogen (secondary N) is 3. The number of hydrogen-bond donors (Lipinski definition) is 3. The lowest BCUT2D eigenvalue weighted by molar-refractivity contribution is 0.0932. The van der Waals surface area contributed by atoms with E-state index in [1.54, 1.807) is 25.2 Å². The summed E-state index contributed by atoms with van der Waals surface area (Å²) in [5, 5.41) is 10.1. The highest BCUT2D eigenvalue weighted by Crippen LogP contribution is 2.28. The third-order valence-corrected chi connectivity index (χ3v) is 4.51. The number of nitrogens with zero attached hydrogens (tertiary/aromatic N) is 2. The maximum absolute atomic E-state index is 12.6. The summed E-state index contributed by atoms with van der Waals surface area (Å²) in [5.41, 5.74) is 3.96. The number of imidazole rings is 1. The Kier molecular flexibility index (Phi) is 3.07. The van der Waals surface area contributed by atoms with Crippen LogP contribution in [0.2, 0.25) is 0 Å². The molecular formula is C16H17N5O2. The zero-order chi connectivity index (χ0) is 16.0. The normalized spacial score (nSPS) is 17.2. The Labute approximate surface area is 131 Å². The fourth-order valence-corrected chi connectivity index (χ4v) is 3.21. The van der Waals surface area contributed by atoms with Crippen LogP contribution in [0.3, 0.4) is 0 Å². The highest BCUT2D eigenvalue weighted by molar-refractivity contribution is 5.97. The van der Waals surface area contributed by atoms with Crippen LogP contribution in [0, 0.1) is 0 Å². The van der Waals surface area contributed by atoms with Gasteiger partial charge in [0.15, 0.2) is 0 Å². The molecule has 1 amide bonds. The van der Waals surface area contributed by atoms with E-state index in [0.29, 0.717) is 11.1 Å². The summed E-state index contributed by atoms with van der Waals surface area (Å²) in [4.78, 5) is 26.9. The maximum Gasteiger partial charge on any atom is 0.326 e. The molecule has 3 aromatic rings. The van der Waals surface area contributed by atoms with Crippen LogP contribution in [0.15, 0.2) is 29.2 Å². The molecule has 118 valence electrons. The van der Waals surface area contributed by atoms with Crippen molar-refractivity contribution in [2.24, 2.45) is 7.05 Å². The third kappa shape index (κ3) is 2.25. The molecule has 0 aliphatic heterocycles. The Morgan fingerprint density at radius 1 is 1.43 bits per heavy atom. The summed E-state index contributed by atoms with van der Waals surface area (Å²) in [6, 6.07) is 5.18. The van der Waals surface area contributed by atoms with Gasteiger partial charge >= 0.3 is 5.69 Å². The van der Waals surface area contributed by atoms with Crippen molar-refractivity contribution in [3.63, 3.8) is 0 Å². The number of carbonyl (C=O) groups excluding carboxylic acids is 1. The lowest BCUT2D eigenvalue weighted by Gasteiger charge is -2.22. The number of aromatic nitrogens is 4. The molecule has 0 radical (unpaired) electrons. The van der Waals surface area contributed by atoms with E-state index in [0.717, 1.165) is 30.5 Å². The molecule has 4 rings (SSSR count). The molecule has 1 aliphatic carbocycles. The van der Waals surface area contributed by atoms with Crippen LogP contribution in [0.25, 0.3) is 11.0 Å². The second kappa shape index (κ2) is 5.12. The molecule has 1 atom stereocenters. The smallest absolute Gasteiger partial charge is 0.326 e. The first-order valence-electron chi connectivity index (χ1n) is 7.65. The number of fused-ring (bicyclic) bond motifs is 2. The van der Waals surface area contributed by atoms with E-state index in [-0.39, 0.29) is 17.6 Å². The standard InChI is InChI=1S/C16H17N5O2/c1-21-13-7-9(5-6-11(13)19-16(21)23)15(22)18-12-4-2-3-10-8-17-20-14(10)12/h5-8,12H,2-4H2,1H3,(H,17,20)(H,18,22)(H,19,23). The molecular weight excluding hydrogens is 294 g/mol. The van der Waals surface area contributed by atoms with Crippen LogP contribution < -0.4 is 11.0 Å². The molecule has 2 aromatic heterocycles. The molecule has 0 fully saturated rings. The molecule has 0 spiro atoms. The molecule has 0 bridgehead atoms. The molecule has 2 heterocycles. The highest BCUT2D eigenvalue weighted by Gasteiger charge is 2.24. The van der Waals surface area contributed by atoms with E-state index in [1.165, 1.54) is 10.1 Å². The molecule has 0 saturated heterocycles. The van der Waals surface area contributed by atoms with Gasteiger partial charge in [-0.15, -0.1) is 0 Å². The van der Waals surface area contributed by atoms with Gasteiger partial charge in [0.2, 0.25) is 0 Å². The number of aryl methyl sites for hydroxylation is 2. The highest BCUT2D eigenvalue weighted by atomic mass is 16.2. The topological polar surface area (TPSA) is 95.6 Å². The number of carbonyl (C=O) groups is 1.